The van der Waals surface area contributed by atoms with Crippen molar-refractivity contribution in [1.29, 1.82) is 0 Å². The third kappa shape index (κ3) is 5.71. The number of halogens is 2. The zero-order chi connectivity index (χ0) is 22.4. The summed E-state index contributed by atoms with van der Waals surface area (Å²) < 4.78 is 0. The molecule has 1 aliphatic heterocycles. The highest BCUT2D eigenvalue weighted by Crippen LogP contribution is 2.30. The van der Waals surface area contributed by atoms with Gasteiger partial charge >= 0.3 is 0 Å². The number of nitrogens with one attached hydrogen (secondary N) is 2. The van der Waals surface area contributed by atoms with E-state index in [1.807, 2.05) is 18.7 Å². The SMILES string of the molecule is CCN(CCC(C)C=O)C(=S)NN/C(C)=C1\C(=O)N(c2ccc(Cl)c(Cl)c2)N=C1C. The Bertz CT molecular complexity index is 903. The van der Waals surface area contributed by atoms with E-state index in [9.17, 15) is 9.59 Å². The van der Waals surface area contributed by atoms with Crippen molar-refractivity contribution in [3.8, 4) is 0 Å². The predicted molar refractivity (Wildman–Crippen MR) is 126 cm³/mol. The Morgan fingerprint density at radius 1 is 1.33 bits per heavy atom. The van der Waals surface area contributed by atoms with Crippen LogP contribution in [0.3, 0.4) is 0 Å². The minimum atomic E-state index is -0.282. The first kappa shape index (κ1) is 24.1. The molecule has 0 saturated carbocycles. The Morgan fingerprint density at radius 2 is 2.03 bits per heavy atom. The van der Waals surface area contributed by atoms with Crippen LogP contribution < -0.4 is 15.9 Å². The standard InChI is InChI=1S/C20H25Cl2N5O2S/c1-5-26(9-8-12(2)11-28)20(30)24-23-13(3)18-14(4)25-27(19(18)29)15-6-7-16(21)17(22)10-15/h6-7,10-12,23H,5,8-9H2,1-4H3,(H,24,30)/b18-13-. The van der Waals surface area contributed by atoms with E-state index in [2.05, 4.69) is 16.0 Å². The van der Waals surface area contributed by atoms with Gasteiger partial charge in [0, 0.05) is 24.7 Å². The highest BCUT2D eigenvalue weighted by molar-refractivity contribution is 7.80. The van der Waals surface area contributed by atoms with Gasteiger partial charge in [0.2, 0.25) is 0 Å². The van der Waals surface area contributed by atoms with Crippen molar-refractivity contribution in [2.45, 2.75) is 34.1 Å². The molecule has 1 aliphatic rings. The summed E-state index contributed by atoms with van der Waals surface area (Å²) in [5.74, 6) is -0.309. The van der Waals surface area contributed by atoms with Gasteiger partial charge in [0.1, 0.15) is 6.29 Å². The lowest BCUT2D eigenvalue weighted by atomic mass is 10.1. The number of carbonyl (C=O) groups excluding carboxylic acids is 2. The maximum absolute atomic E-state index is 12.9. The molecular formula is C20H25Cl2N5O2S. The molecule has 7 nitrogen and oxygen atoms in total. The minimum Gasteiger partial charge on any atom is -0.348 e. The van der Waals surface area contributed by atoms with Gasteiger partial charge in [-0.15, -0.1) is 0 Å². The minimum absolute atomic E-state index is 0.0269. The summed E-state index contributed by atoms with van der Waals surface area (Å²) >= 11 is 17.5. The molecule has 1 aromatic carbocycles. The van der Waals surface area contributed by atoms with E-state index < -0.39 is 0 Å². The van der Waals surface area contributed by atoms with Crippen LogP contribution in [-0.2, 0) is 9.59 Å². The molecule has 10 heteroatoms. The number of rotatable bonds is 8. The Balaban J connectivity index is 2.08. The van der Waals surface area contributed by atoms with Gasteiger partial charge in [-0.1, -0.05) is 30.1 Å². The Hall–Kier alpha value is -2.16. The molecule has 0 fully saturated rings. The number of anilines is 1. The van der Waals surface area contributed by atoms with E-state index in [4.69, 9.17) is 35.4 Å². The summed E-state index contributed by atoms with van der Waals surface area (Å²) in [6, 6.07) is 4.90. The number of nitrogens with zero attached hydrogens (tertiary/aromatic N) is 3. The molecule has 0 saturated heterocycles. The molecule has 1 aromatic rings. The van der Waals surface area contributed by atoms with E-state index in [1.54, 1.807) is 32.0 Å². The molecule has 0 aromatic heterocycles. The molecule has 162 valence electrons. The number of hydrogen-bond donors (Lipinski definition) is 2. The molecule has 1 unspecified atom stereocenters. The average molecular weight is 470 g/mol. The van der Waals surface area contributed by atoms with Crippen molar-refractivity contribution < 1.29 is 9.59 Å². The Kier molecular flexibility index (Phi) is 8.64. The summed E-state index contributed by atoms with van der Waals surface area (Å²) in [7, 11) is 0. The summed E-state index contributed by atoms with van der Waals surface area (Å²) in [6.45, 7) is 8.73. The van der Waals surface area contributed by atoms with E-state index in [-0.39, 0.29) is 11.8 Å². The molecule has 0 radical (unpaired) electrons. The molecule has 0 aliphatic carbocycles. The molecule has 0 bridgehead atoms. The summed E-state index contributed by atoms with van der Waals surface area (Å²) in [4.78, 5) is 25.7. The first-order chi connectivity index (χ1) is 14.2. The van der Waals surface area contributed by atoms with Gasteiger partial charge in [-0.2, -0.15) is 10.1 Å². The third-order valence-corrected chi connectivity index (χ3v) is 5.75. The maximum Gasteiger partial charge on any atom is 0.282 e. The normalized spacial score (nSPS) is 16.1. The maximum atomic E-state index is 12.9. The van der Waals surface area contributed by atoms with Crippen LogP contribution in [0.2, 0.25) is 10.0 Å². The molecular weight excluding hydrogens is 445 g/mol. The average Bonchev–Trinajstić information content (AvgIpc) is 3.02. The van der Waals surface area contributed by atoms with E-state index in [1.165, 1.54) is 5.01 Å². The second kappa shape index (κ2) is 10.7. The smallest absolute Gasteiger partial charge is 0.282 e. The molecule has 30 heavy (non-hydrogen) atoms. The number of amides is 1. The van der Waals surface area contributed by atoms with Gasteiger partial charge in [0.05, 0.1) is 27.0 Å². The lowest BCUT2D eigenvalue weighted by Crippen LogP contribution is -2.46. The number of hydrazine groups is 1. The van der Waals surface area contributed by atoms with Crippen molar-refractivity contribution in [2.24, 2.45) is 11.0 Å². The van der Waals surface area contributed by atoms with E-state index in [0.717, 1.165) is 6.29 Å². The summed E-state index contributed by atoms with van der Waals surface area (Å²) in [5.41, 5.74) is 8.08. The van der Waals surface area contributed by atoms with Crippen LogP contribution >= 0.6 is 35.4 Å². The molecule has 1 amide bonds. The molecule has 2 rings (SSSR count). The molecule has 1 atom stereocenters. The van der Waals surface area contributed by atoms with Crippen LogP contribution in [0.4, 0.5) is 5.69 Å². The van der Waals surface area contributed by atoms with Gasteiger partial charge in [0.25, 0.3) is 5.91 Å². The van der Waals surface area contributed by atoms with Crippen LogP contribution in [0.5, 0.6) is 0 Å². The number of benzene rings is 1. The van der Waals surface area contributed by atoms with Crippen molar-refractivity contribution >= 4 is 64.1 Å². The zero-order valence-corrected chi connectivity index (χ0v) is 19.7. The highest BCUT2D eigenvalue weighted by atomic mass is 35.5. The molecule has 2 N–H and O–H groups in total. The fraction of sp³-hybridized carbons (Fsp3) is 0.400. The van der Waals surface area contributed by atoms with E-state index in [0.29, 0.717) is 57.3 Å². The second-order valence-electron chi connectivity index (χ2n) is 6.94. The fourth-order valence-electron chi connectivity index (χ4n) is 2.85. The first-order valence-electron chi connectivity index (χ1n) is 9.51. The van der Waals surface area contributed by atoms with Crippen molar-refractivity contribution in [1.82, 2.24) is 15.8 Å². The van der Waals surface area contributed by atoms with Gasteiger partial charge in [0.15, 0.2) is 5.11 Å². The quantitative estimate of drug-likeness (QED) is 0.260. The van der Waals surface area contributed by atoms with Gasteiger partial charge < -0.3 is 15.1 Å². The molecule has 1 heterocycles. The number of carbonyl (C=O) groups is 2. The van der Waals surface area contributed by atoms with Gasteiger partial charge in [-0.25, -0.2) is 0 Å². The van der Waals surface area contributed by atoms with Crippen LogP contribution in [0, 0.1) is 5.92 Å². The number of allylic oxidation sites excluding steroid dienone is 1. The van der Waals surface area contributed by atoms with Crippen molar-refractivity contribution in [3.63, 3.8) is 0 Å². The monoisotopic (exact) mass is 469 g/mol. The van der Waals surface area contributed by atoms with Crippen LogP contribution in [0.1, 0.15) is 34.1 Å². The first-order valence-corrected chi connectivity index (χ1v) is 10.7. The van der Waals surface area contributed by atoms with Crippen LogP contribution in [0.25, 0.3) is 0 Å². The van der Waals surface area contributed by atoms with E-state index >= 15 is 0 Å². The van der Waals surface area contributed by atoms with Crippen molar-refractivity contribution in [3.05, 3.63) is 39.5 Å². The fourth-order valence-corrected chi connectivity index (χ4v) is 3.41. The van der Waals surface area contributed by atoms with Crippen LogP contribution in [0.15, 0.2) is 34.6 Å². The number of hydrogen-bond acceptors (Lipinski definition) is 5. The second-order valence-corrected chi connectivity index (χ2v) is 8.14. The summed E-state index contributed by atoms with van der Waals surface area (Å²) in [6.07, 6.45) is 1.65. The highest BCUT2D eigenvalue weighted by Gasteiger charge is 2.31. The predicted octanol–water partition coefficient (Wildman–Crippen LogP) is 3.92. The Labute approximate surface area is 192 Å². The number of hydrazone groups is 1. The van der Waals surface area contributed by atoms with Gasteiger partial charge in [-0.3, -0.25) is 10.2 Å². The molecule has 0 spiro atoms. The Morgan fingerprint density at radius 3 is 2.63 bits per heavy atom. The zero-order valence-electron chi connectivity index (χ0n) is 17.3. The number of aldehydes is 1. The van der Waals surface area contributed by atoms with Crippen LogP contribution in [-0.4, -0.2) is 41.0 Å². The lowest BCUT2D eigenvalue weighted by molar-refractivity contribution is -0.114. The lowest BCUT2D eigenvalue weighted by Gasteiger charge is -2.25. The number of thiocarbonyl (C=S) groups is 1. The third-order valence-electron chi connectivity index (χ3n) is 4.65. The summed E-state index contributed by atoms with van der Waals surface area (Å²) in [5, 5.41) is 6.87. The largest absolute Gasteiger partial charge is 0.348 e. The topological polar surface area (TPSA) is 77.0 Å². The van der Waals surface area contributed by atoms with Crippen molar-refractivity contribution in [2.75, 3.05) is 18.1 Å². The van der Waals surface area contributed by atoms with Gasteiger partial charge in [-0.05, 0) is 57.6 Å².